The van der Waals surface area contributed by atoms with Gasteiger partial charge in [-0.3, -0.25) is 0 Å². The molecule has 0 bridgehead atoms. The van der Waals surface area contributed by atoms with Crippen LogP contribution >= 0.6 is 11.8 Å². The van der Waals surface area contributed by atoms with E-state index in [9.17, 15) is 17.6 Å². The number of thioether (sulfide) groups is 1. The van der Waals surface area contributed by atoms with Crippen molar-refractivity contribution in [1.29, 1.82) is 0 Å². The third kappa shape index (κ3) is 2.37. The van der Waals surface area contributed by atoms with Crippen LogP contribution in [0.15, 0.2) is 17.0 Å². The van der Waals surface area contributed by atoms with Gasteiger partial charge in [-0.05, 0) is 18.4 Å². The summed E-state index contributed by atoms with van der Waals surface area (Å²) in [7, 11) is 1.20. The van der Waals surface area contributed by atoms with E-state index in [2.05, 4.69) is 4.74 Å². The highest BCUT2D eigenvalue weighted by Crippen LogP contribution is 2.39. The van der Waals surface area contributed by atoms with E-state index in [0.717, 1.165) is 12.1 Å². The third-order valence-electron chi connectivity index (χ3n) is 1.79. The maximum Gasteiger partial charge on any atom is 0.417 e. The standard InChI is InChI=1S/C9H8F4OS/c1-14-6-4-3-5(9(11,12)13)8(15-2)7(6)10/h3-4H,1-2H3. The Kier molecular flexibility index (Phi) is 3.49. The molecule has 0 amide bonds. The minimum atomic E-state index is -4.55. The van der Waals surface area contributed by atoms with E-state index in [1.54, 1.807) is 0 Å². The van der Waals surface area contributed by atoms with Gasteiger partial charge in [0.2, 0.25) is 0 Å². The summed E-state index contributed by atoms with van der Waals surface area (Å²) in [4.78, 5) is -0.443. The molecular formula is C9H8F4OS. The van der Waals surface area contributed by atoms with Gasteiger partial charge < -0.3 is 4.74 Å². The highest BCUT2D eigenvalue weighted by molar-refractivity contribution is 7.98. The number of ether oxygens (including phenoxy) is 1. The average molecular weight is 240 g/mol. The van der Waals surface area contributed by atoms with Crippen molar-refractivity contribution >= 4 is 11.8 Å². The minimum Gasteiger partial charge on any atom is -0.494 e. The molecule has 1 rings (SSSR count). The lowest BCUT2D eigenvalue weighted by Crippen LogP contribution is -2.08. The average Bonchev–Trinajstić information content (AvgIpc) is 2.15. The van der Waals surface area contributed by atoms with E-state index >= 15 is 0 Å². The van der Waals surface area contributed by atoms with Gasteiger partial charge in [0.05, 0.1) is 17.6 Å². The topological polar surface area (TPSA) is 9.23 Å². The largest absolute Gasteiger partial charge is 0.494 e. The van der Waals surface area contributed by atoms with Crippen LogP contribution < -0.4 is 4.74 Å². The summed E-state index contributed by atoms with van der Waals surface area (Å²) in [5.74, 6) is -1.16. The van der Waals surface area contributed by atoms with Crippen molar-refractivity contribution in [2.75, 3.05) is 13.4 Å². The van der Waals surface area contributed by atoms with Crippen LogP contribution in [0.5, 0.6) is 5.75 Å². The number of methoxy groups -OCH3 is 1. The Morgan fingerprint density at radius 1 is 1.27 bits per heavy atom. The predicted octanol–water partition coefficient (Wildman–Crippen LogP) is 3.58. The zero-order valence-corrected chi connectivity index (χ0v) is 8.80. The van der Waals surface area contributed by atoms with Gasteiger partial charge in [0.1, 0.15) is 0 Å². The predicted molar refractivity (Wildman–Crippen MR) is 49.7 cm³/mol. The zero-order chi connectivity index (χ0) is 11.6. The molecule has 0 saturated carbocycles. The van der Waals surface area contributed by atoms with Gasteiger partial charge in [-0.2, -0.15) is 13.2 Å². The van der Waals surface area contributed by atoms with E-state index in [4.69, 9.17) is 0 Å². The maximum atomic E-state index is 13.4. The summed E-state index contributed by atoms with van der Waals surface area (Å²) < 4.78 is 55.3. The summed E-state index contributed by atoms with van der Waals surface area (Å²) in [6.07, 6.45) is -3.17. The molecule has 0 fully saturated rings. The first kappa shape index (κ1) is 12.2. The van der Waals surface area contributed by atoms with Gasteiger partial charge in [-0.25, -0.2) is 4.39 Å². The van der Waals surface area contributed by atoms with Crippen molar-refractivity contribution in [2.45, 2.75) is 11.1 Å². The quantitative estimate of drug-likeness (QED) is 0.577. The van der Waals surface area contributed by atoms with E-state index in [1.807, 2.05) is 0 Å². The monoisotopic (exact) mass is 240 g/mol. The highest BCUT2D eigenvalue weighted by Gasteiger charge is 2.35. The van der Waals surface area contributed by atoms with Crippen LogP contribution in [-0.2, 0) is 6.18 Å². The minimum absolute atomic E-state index is 0.188. The number of halogens is 4. The van der Waals surface area contributed by atoms with Crippen molar-refractivity contribution < 1.29 is 22.3 Å². The lowest BCUT2D eigenvalue weighted by Gasteiger charge is -2.13. The smallest absolute Gasteiger partial charge is 0.417 e. The summed E-state index contributed by atoms with van der Waals surface area (Å²) in [6, 6.07) is 1.78. The van der Waals surface area contributed by atoms with Crippen LogP contribution in [0.2, 0.25) is 0 Å². The van der Waals surface area contributed by atoms with E-state index in [0.29, 0.717) is 11.8 Å². The first-order valence-corrected chi connectivity index (χ1v) is 5.12. The van der Waals surface area contributed by atoms with Crippen LogP contribution in [-0.4, -0.2) is 13.4 Å². The maximum absolute atomic E-state index is 13.4. The van der Waals surface area contributed by atoms with Crippen molar-refractivity contribution in [1.82, 2.24) is 0 Å². The van der Waals surface area contributed by atoms with Gasteiger partial charge in [0.15, 0.2) is 11.6 Å². The number of rotatable bonds is 2. The molecule has 0 aromatic heterocycles. The number of alkyl halides is 3. The van der Waals surface area contributed by atoms with Crippen LogP contribution in [0, 0.1) is 5.82 Å². The molecule has 0 aliphatic heterocycles. The molecule has 0 atom stereocenters. The first-order chi connectivity index (χ1) is 6.91. The molecule has 0 N–H and O–H groups in total. The fourth-order valence-corrected chi connectivity index (χ4v) is 1.80. The molecule has 84 valence electrons. The molecule has 0 heterocycles. The molecule has 0 radical (unpaired) electrons. The highest BCUT2D eigenvalue weighted by atomic mass is 32.2. The van der Waals surface area contributed by atoms with Gasteiger partial charge in [0, 0.05) is 0 Å². The van der Waals surface area contributed by atoms with Crippen molar-refractivity contribution in [3.63, 3.8) is 0 Å². The molecule has 0 unspecified atom stereocenters. The normalized spacial score (nSPS) is 11.6. The van der Waals surface area contributed by atoms with Gasteiger partial charge in [0.25, 0.3) is 0 Å². The van der Waals surface area contributed by atoms with Crippen molar-refractivity contribution in [3.05, 3.63) is 23.5 Å². The lowest BCUT2D eigenvalue weighted by atomic mass is 10.2. The summed E-state index contributed by atoms with van der Waals surface area (Å²) in [5.41, 5.74) is -0.978. The van der Waals surface area contributed by atoms with E-state index in [1.165, 1.54) is 13.4 Å². The Morgan fingerprint density at radius 2 is 1.87 bits per heavy atom. The Hall–Kier alpha value is -0.910. The fraction of sp³-hybridized carbons (Fsp3) is 0.333. The van der Waals surface area contributed by atoms with Crippen LogP contribution in [0.4, 0.5) is 17.6 Å². The van der Waals surface area contributed by atoms with Crippen LogP contribution in [0.25, 0.3) is 0 Å². The molecule has 1 nitrogen and oxygen atoms in total. The molecular weight excluding hydrogens is 232 g/mol. The number of hydrogen-bond donors (Lipinski definition) is 0. The number of benzene rings is 1. The Morgan fingerprint density at radius 3 is 2.27 bits per heavy atom. The SMILES string of the molecule is COc1ccc(C(F)(F)F)c(SC)c1F. The molecule has 0 spiro atoms. The third-order valence-corrected chi connectivity index (χ3v) is 2.60. The van der Waals surface area contributed by atoms with Gasteiger partial charge in [-0.15, -0.1) is 11.8 Å². The molecule has 1 aromatic rings. The summed E-state index contributed by atoms with van der Waals surface area (Å²) >= 11 is 0.703. The molecule has 0 aliphatic rings. The fourth-order valence-electron chi connectivity index (χ4n) is 1.12. The second-order valence-corrected chi connectivity index (χ2v) is 3.48. The van der Waals surface area contributed by atoms with E-state index < -0.39 is 22.5 Å². The second kappa shape index (κ2) is 4.30. The second-order valence-electron chi connectivity index (χ2n) is 2.66. The van der Waals surface area contributed by atoms with Gasteiger partial charge >= 0.3 is 6.18 Å². The van der Waals surface area contributed by atoms with Gasteiger partial charge in [-0.1, -0.05) is 0 Å². The Bertz CT molecular complexity index is 362. The Balaban J connectivity index is 3.38. The molecule has 1 aromatic carbocycles. The zero-order valence-electron chi connectivity index (χ0n) is 7.98. The molecule has 0 aliphatic carbocycles. The van der Waals surface area contributed by atoms with Crippen LogP contribution in [0.3, 0.4) is 0 Å². The molecule has 0 saturated heterocycles. The van der Waals surface area contributed by atoms with Crippen LogP contribution in [0.1, 0.15) is 5.56 Å². The van der Waals surface area contributed by atoms with E-state index in [-0.39, 0.29) is 5.75 Å². The first-order valence-electron chi connectivity index (χ1n) is 3.89. The summed E-state index contributed by atoms with van der Waals surface area (Å²) in [5, 5.41) is 0. The van der Waals surface area contributed by atoms with Crippen molar-refractivity contribution in [3.8, 4) is 5.75 Å². The number of hydrogen-bond acceptors (Lipinski definition) is 2. The summed E-state index contributed by atoms with van der Waals surface area (Å²) in [6.45, 7) is 0. The Labute approximate surface area is 88.4 Å². The van der Waals surface area contributed by atoms with Crippen molar-refractivity contribution in [2.24, 2.45) is 0 Å². The molecule has 6 heteroatoms. The lowest BCUT2D eigenvalue weighted by molar-refractivity contribution is -0.140. The molecule has 15 heavy (non-hydrogen) atoms.